The van der Waals surface area contributed by atoms with Gasteiger partial charge in [0, 0.05) is 19.0 Å². The number of rotatable bonds is 5. The molecule has 1 aliphatic rings. The van der Waals surface area contributed by atoms with Crippen LogP contribution in [0.25, 0.3) is 0 Å². The predicted molar refractivity (Wildman–Crippen MR) is 48.6 cm³/mol. The molecule has 0 radical (unpaired) electrons. The van der Waals surface area contributed by atoms with E-state index >= 15 is 0 Å². The number of hydrogen-bond donors (Lipinski definition) is 1. The Morgan fingerprint density at radius 1 is 1.62 bits per heavy atom. The van der Waals surface area contributed by atoms with E-state index in [4.69, 9.17) is 4.74 Å². The van der Waals surface area contributed by atoms with Crippen molar-refractivity contribution in [1.29, 1.82) is 0 Å². The molecule has 1 aromatic heterocycles. The van der Waals surface area contributed by atoms with Crippen molar-refractivity contribution in [2.24, 2.45) is 5.92 Å². The number of aromatic amines is 1. The van der Waals surface area contributed by atoms with Crippen molar-refractivity contribution in [3.8, 4) is 0 Å². The van der Waals surface area contributed by atoms with Gasteiger partial charge < -0.3 is 9.72 Å². The zero-order chi connectivity index (χ0) is 9.10. The zero-order valence-electron chi connectivity index (χ0n) is 7.53. The molecular formula is C9H14N2O2. The van der Waals surface area contributed by atoms with Crippen LogP contribution in [0.5, 0.6) is 0 Å². The van der Waals surface area contributed by atoms with E-state index < -0.39 is 0 Å². The molecule has 1 aromatic rings. The summed E-state index contributed by atoms with van der Waals surface area (Å²) >= 11 is 0. The summed E-state index contributed by atoms with van der Waals surface area (Å²) in [5, 5.41) is 0. The van der Waals surface area contributed by atoms with Crippen LogP contribution < -0.4 is 5.69 Å². The number of nitrogens with zero attached hydrogens (tertiary/aromatic N) is 1. The lowest BCUT2D eigenvalue weighted by molar-refractivity contribution is 0.116. The number of ether oxygens (including phenoxy) is 1. The van der Waals surface area contributed by atoms with Gasteiger partial charge in [-0.05, 0) is 18.8 Å². The molecule has 0 aromatic carbocycles. The van der Waals surface area contributed by atoms with Crippen LogP contribution in [-0.2, 0) is 11.3 Å². The van der Waals surface area contributed by atoms with Gasteiger partial charge in [0.1, 0.15) is 0 Å². The maximum Gasteiger partial charge on any atom is 0.325 e. The Labute approximate surface area is 76.5 Å². The van der Waals surface area contributed by atoms with Crippen LogP contribution >= 0.6 is 0 Å². The largest absolute Gasteiger partial charge is 0.379 e. The molecule has 2 rings (SSSR count). The highest BCUT2D eigenvalue weighted by Crippen LogP contribution is 2.28. The van der Waals surface area contributed by atoms with Gasteiger partial charge in [-0.2, -0.15) is 0 Å². The average molecular weight is 182 g/mol. The van der Waals surface area contributed by atoms with Crippen LogP contribution in [0, 0.1) is 5.92 Å². The van der Waals surface area contributed by atoms with Gasteiger partial charge in [-0.25, -0.2) is 4.79 Å². The van der Waals surface area contributed by atoms with Crippen molar-refractivity contribution >= 4 is 0 Å². The lowest BCUT2D eigenvalue weighted by Crippen LogP contribution is -2.19. The first-order chi connectivity index (χ1) is 6.36. The topological polar surface area (TPSA) is 47.0 Å². The Hall–Kier alpha value is -1.03. The molecule has 4 heteroatoms. The van der Waals surface area contributed by atoms with Crippen LogP contribution in [-0.4, -0.2) is 22.8 Å². The fourth-order valence-electron chi connectivity index (χ4n) is 1.22. The number of aromatic nitrogens is 2. The Bertz CT molecular complexity index is 311. The Balaban J connectivity index is 1.67. The van der Waals surface area contributed by atoms with Crippen LogP contribution in [0.2, 0.25) is 0 Å². The summed E-state index contributed by atoms with van der Waals surface area (Å²) in [6.45, 7) is 2.14. The van der Waals surface area contributed by atoms with Gasteiger partial charge in [0.05, 0.1) is 13.2 Å². The van der Waals surface area contributed by atoms with Gasteiger partial charge in [0.15, 0.2) is 0 Å². The molecule has 72 valence electrons. The summed E-state index contributed by atoms with van der Waals surface area (Å²) in [4.78, 5) is 13.6. The van der Waals surface area contributed by atoms with E-state index in [9.17, 15) is 4.79 Å². The van der Waals surface area contributed by atoms with E-state index in [1.165, 1.54) is 12.8 Å². The van der Waals surface area contributed by atoms with E-state index in [1.54, 1.807) is 17.0 Å². The SMILES string of the molecule is O=c1[nH]ccn1CCOCC1CC1. The quantitative estimate of drug-likeness (QED) is 0.678. The highest BCUT2D eigenvalue weighted by atomic mass is 16.5. The van der Waals surface area contributed by atoms with Crippen LogP contribution in [0.3, 0.4) is 0 Å². The lowest BCUT2D eigenvalue weighted by Gasteiger charge is -2.02. The molecule has 0 spiro atoms. The standard InChI is InChI=1S/C9H14N2O2/c12-9-10-3-4-11(9)5-6-13-7-8-1-2-8/h3-4,8H,1-2,5-7H2,(H,10,12). The predicted octanol–water partition coefficient (Wildman–Crippen LogP) is 0.603. The Kier molecular flexibility index (Phi) is 2.49. The van der Waals surface area contributed by atoms with Crippen molar-refractivity contribution in [3.63, 3.8) is 0 Å². The molecule has 0 atom stereocenters. The van der Waals surface area contributed by atoms with Crippen LogP contribution in [0.4, 0.5) is 0 Å². The average Bonchev–Trinajstić information content (AvgIpc) is 2.86. The number of nitrogens with one attached hydrogen (secondary N) is 1. The zero-order valence-corrected chi connectivity index (χ0v) is 7.53. The van der Waals surface area contributed by atoms with Crippen molar-refractivity contribution in [2.45, 2.75) is 19.4 Å². The monoisotopic (exact) mass is 182 g/mol. The van der Waals surface area contributed by atoms with Gasteiger partial charge in [0.2, 0.25) is 0 Å². The maximum atomic E-state index is 11.0. The molecule has 1 aliphatic carbocycles. The first-order valence-electron chi connectivity index (χ1n) is 4.68. The highest BCUT2D eigenvalue weighted by Gasteiger charge is 2.20. The third-order valence-corrected chi connectivity index (χ3v) is 2.25. The van der Waals surface area contributed by atoms with E-state index in [2.05, 4.69) is 4.98 Å². The third kappa shape index (κ3) is 2.45. The highest BCUT2D eigenvalue weighted by molar-refractivity contribution is 4.75. The number of H-pyrrole nitrogens is 1. The second-order valence-corrected chi connectivity index (χ2v) is 3.48. The molecule has 0 amide bonds. The fraction of sp³-hybridized carbons (Fsp3) is 0.667. The molecular weight excluding hydrogens is 168 g/mol. The minimum absolute atomic E-state index is 0.0602. The third-order valence-electron chi connectivity index (χ3n) is 2.25. The van der Waals surface area contributed by atoms with Gasteiger partial charge in [0.25, 0.3) is 0 Å². The molecule has 1 N–H and O–H groups in total. The number of hydrogen-bond acceptors (Lipinski definition) is 2. The molecule has 1 heterocycles. The summed E-state index contributed by atoms with van der Waals surface area (Å²) in [5.41, 5.74) is -0.0602. The summed E-state index contributed by atoms with van der Waals surface area (Å²) in [6.07, 6.45) is 6.00. The second-order valence-electron chi connectivity index (χ2n) is 3.48. The number of imidazole rings is 1. The summed E-state index contributed by atoms with van der Waals surface area (Å²) in [5.74, 6) is 0.794. The smallest absolute Gasteiger partial charge is 0.325 e. The summed E-state index contributed by atoms with van der Waals surface area (Å²) in [7, 11) is 0. The molecule has 0 bridgehead atoms. The molecule has 1 fully saturated rings. The van der Waals surface area contributed by atoms with Crippen molar-refractivity contribution in [3.05, 3.63) is 22.9 Å². The maximum absolute atomic E-state index is 11.0. The van der Waals surface area contributed by atoms with E-state index in [0.717, 1.165) is 12.5 Å². The van der Waals surface area contributed by atoms with Gasteiger partial charge in [-0.15, -0.1) is 0 Å². The Morgan fingerprint density at radius 3 is 3.08 bits per heavy atom. The first-order valence-corrected chi connectivity index (χ1v) is 4.68. The molecule has 1 saturated carbocycles. The fourth-order valence-corrected chi connectivity index (χ4v) is 1.22. The van der Waals surface area contributed by atoms with Gasteiger partial charge in [-0.3, -0.25) is 4.57 Å². The molecule has 0 unspecified atom stereocenters. The minimum Gasteiger partial charge on any atom is -0.379 e. The van der Waals surface area contributed by atoms with Gasteiger partial charge >= 0.3 is 5.69 Å². The molecule has 0 saturated heterocycles. The molecule has 13 heavy (non-hydrogen) atoms. The van der Waals surface area contributed by atoms with E-state index in [1.807, 2.05) is 0 Å². The van der Waals surface area contributed by atoms with Crippen LogP contribution in [0.15, 0.2) is 17.2 Å². The lowest BCUT2D eigenvalue weighted by atomic mass is 10.5. The molecule has 0 aliphatic heterocycles. The molecule has 4 nitrogen and oxygen atoms in total. The van der Waals surface area contributed by atoms with Crippen LogP contribution in [0.1, 0.15) is 12.8 Å². The second kappa shape index (κ2) is 3.79. The first kappa shape index (κ1) is 8.56. The normalized spacial score (nSPS) is 16.3. The van der Waals surface area contributed by atoms with Gasteiger partial charge in [-0.1, -0.05) is 0 Å². The van der Waals surface area contributed by atoms with E-state index in [0.29, 0.717) is 13.2 Å². The summed E-state index contributed by atoms with van der Waals surface area (Å²) in [6, 6.07) is 0. The minimum atomic E-state index is -0.0602. The van der Waals surface area contributed by atoms with Crippen molar-refractivity contribution in [2.75, 3.05) is 13.2 Å². The van der Waals surface area contributed by atoms with Crippen molar-refractivity contribution < 1.29 is 4.74 Å². The van der Waals surface area contributed by atoms with Crippen molar-refractivity contribution in [1.82, 2.24) is 9.55 Å². The Morgan fingerprint density at radius 2 is 2.46 bits per heavy atom. The summed E-state index contributed by atoms with van der Waals surface area (Å²) < 4.78 is 7.03. The van der Waals surface area contributed by atoms with E-state index in [-0.39, 0.29) is 5.69 Å².